The van der Waals surface area contributed by atoms with Crippen LogP contribution in [0.5, 0.6) is 0 Å². The first-order valence-electron chi connectivity index (χ1n) is 42.2. The highest BCUT2D eigenvalue weighted by Crippen LogP contribution is 2.21. The predicted octanol–water partition coefficient (Wildman–Crippen LogP) is -3.25. The molecule has 0 aromatic heterocycles. The highest BCUT2D eigenvalue weighted by molar-refractivity contribution is 6.00. The number of nitrogens with one attached hydrogen (secondary N) is 14. The van der Waals surface area contributed by atoms with E-state index in [1.165, 1.54) is 76.2 Å². The Morgan fingerprint density at radius 3 is 1.10 bits per heavy atom. The summed E-state index contributed by atoms with van der Waals surface area (Å²) in [5.41, 5.74) is 33.8. The molecule has 0 heterocycles. The number of nitrogens with zero attached hydrogens (tertiary/aromatic N) is 4. The first kappa shape index (κ1) is 113. The monoisotopic (exact) mass is 1850 g/mol. The van der Waals surface area contributed by atoms with Gasteiger partial charge in [-0.05, 0) is 141 Å². The van der Waals surface area contributed by atoms with E-state index in [2.05, 4.69) is 84.4 Å². The number of para-hydroxylation sites is 2. The SMILES string of the molecule is CC(C)C[C@H](NC(=O)[C@H](C)NC(=O)[C@H](CC(=O)O)NC(=O)[C@@H](NC(=O)[C@H](C)NC(=O)[C@H](CCC(=O)O)NC(=O)[C@H](CCC(N)=O)NC(=O)[C@H](CCCN=C(N)N)NC(=O)[C@H](CCCN=C(N)N)NC(=O)[C@H](CC(C)C)NC(=O)[C@H](C)NC(=O)[C@H](CCCCNC(=O)OCc1ccccc1[N+](=O)[O-])NC(=O)C(N)CCCCNC(=O)OCc1ccccc1[N+](=O)[O-])C(C)C)C(=O)O. The maximum absolute atomic E-state index is 14.8. The number of carboxylic acid groups (broad SMARTS) is 3. The van der Waals surface area contributed by atoms with Crippen LogP contribution in [0.4, 0.5) is 21.0 Å². The van der Waals surface area contributed by atoms with Crippen LogP contribution >= 0.6 is 0 Å². The van der Waals surface area contributed by atoms with Gasteiger partial charge >= 0.3 is 30.1 Å². The molecule has 0 saturated carbocycles. The zero-order valence-corrected chi connectivity index (χ0v) is 74.5. The quantitative estimate of drug-likeness (QED) is 0.0102. The summed E-state index contributed by atoms with van der Waals surface area (Å²) in [7, 11) is 0. The van der Waals surface area contributed by atoms with E-state index in [-0.39, 0.29) is 149 Å². The van der Waals surface area contributed by atoms with Crippen LogP contribution in [0, 0.1) is 38.0 Å². The number of guanidine groups is 2. The molecule has 0 radical (unpaired) electrons. The summed E-state index contributed by atoms with van der Waals surface area (Å²) in [4.78, 5) is 272. The van der Waals surface area contributed by atoms with Crippen LogP contribution < -0.4 is 109 Å². The number of aliphatic imine (C=N–C) groups is 2. The van der Waals surface area contributed by atoms with Crippen molar-refractivity contribution in [2.75, 3.05) is 26.2 Å². The molecular formula is C80H126N24O27. The van der Waals surface area contributed by atoms with Crippen molar-refractivity contribution in [3.8, 4) is 0 Å². The van der Waals surface area contributed by atoms with Gasteiger partial charge in [-0.1, -0.05) is 65.8 Å². The van der Waals surface area contributed by atoms with Gasteiger partial charge < -0.3 is 134 Å². The van der Waals surface area contributed by atoms with Gasteiger partial charge in [-0.15, -0.1) is 0 Å². The van der Waals surface area contributed by atoms with Crippen LogP contribution in [0.1, 0.15) is 183 Å². The Labute approximate surface area is 754 Å². The minimum absolute atomic E-state index is 0.0156. The molecule has 29 N–H and O–H groups in total. The lowest BCUT2D eigenvalue weighted by atomic mass is 10.0. The van der Waals surface area contributed by atoms with Crippen molar-refractivity contribution in [1.29, 1.82) is 0 Å². The maximum atomic E-state index is 14.8. The number of hydrogen-bond acceptors (Lipinski definition) is 27. The average Bonchev–Trinajstić information content (AvgIpc) is 0.842. The van der Waals surface area contributed by atoms with Crippen LogP contribution in [-0.4, -0.2) is 249 Å². The summed E-state index contributed by atoms with van der Waals surface area (Å²) < 4.78 is 10.3. The number of benzene rings is 2. The van der Waals surface area contributed by atoms with Gasteiger partial charge in [0, 0.05) is 51.2 Å². The molecule has 0 saturated heterocycles. The Hall–Kier alpha value is -14.2. The number of amides is 15. The molecule has 51 heteroatoms. The fraction of sp³-hybridized carbons (Fsp3) is 0.600. The Morgan fingerprint density at radius 1 is 0.382 bits per heavy atom. The standard InChI is InChI=1S/C80H126N24O27/c1-41(2)36-55(99-64(110)44(7)91-68(114)50(23-15-17-33-90-80(125)131-40-48-21-11-13-27-59(48)104(128)129)94-67(113)49(81)22-14-16-32-89-79(124)130-39-47-20-10-12-26-58(47)103(126)127)74(120)96-52(25-19-35-88-78(85)86)70(116)95-51(24-18-34-87-77(83)84)71(117)97-53(28-30-60(82)105)72(118)98-54(29-31-61(106)107)69(115)92-46(9)66(112)102-63(43(5)6)75(121)100-56(38-62(108)109)73(119)93-45(8)65(111)101-57(76(122)123)37-42(3)4/h10-13,20-21,26-27,41-46,49-57,63H,14-19,22-25,28-40,81H2,1-9H3,(H2,82,105)(H,89,124)(H,90,125)(H,91,114)(H,92,115)(H,93,119)(H,94,113)(H,95,116)(H,96,120)(H,97,117)(H,98,118)(H,99,110)(H,100,121)(H,101,111)(H,102,112)(H,106,107)(H,108,109)(H,122,123)(H4,83,84,87)(H4,85,86,88)/t44-,45-,46-,49?,50-,51-,52-,53-,54-,55-,56-,57-,63-/m0/s1. The van der Waals surface area contributed by atoms with Crippen LogP contribution in [0.3, 0.4) is 0 Å². The molecule has 131 heavy (non-hydrogen) atoms. The molecule has 0 fully saturated rings. The first-order valence-corrected chi connectivity index (χ1v) is 42.2. The molecule has 0 aliphatic heterocycles. The largest absolute Gasteiger partial charge is 0.481 e. The van der Waals surface area contributed by atoms with Crippen molar-refractivity contribution in [3.05, 3.63) is 79.9 Å². The van der Waals surface area contributed by atoms with Gasteiger partial charge in [0.05, 0.1) is 33.4 Å². The lowest BCUT2D eigenvalue weighted by Crippen LogP contribution is -2.61. The highest BCUT2D eigenvalue weighted by atomic mass is 16.6. The van der Waals surface area contributed by atoms with Gasteiger partial charge in [0.1, 0.15) is 85.7 Å². The number of unbranched alkanes of at least 4 members (excludes halogenated alkanes) is 2. The van der Waals surface area contributed by atoms with Crippen LogP contribution in [0.2, 0.25) is 0 Å². The summed E-state index contributed by atoms with van der Waals surface area (Å²) in [5.74, 6) is -20.5. The third-order valence-electron chi connectivity index (χ3n) is 19.4. The molecule has 1 unspecified atom stereocenters. The number of aliphatic carboxylic acids is 3. The normalized spacial score (nSPS) is 13.9. The second-order valence-corrected chi connectivity index (χ2v) is 31.8. The molecule has 0 aliphatic rings. The molecule has 15 amide bonds. The maximum Gasteiger partial charge on any atom is 0.407 e. The van der Waals surface area contributed by atoms with Gasteiger partial charge in [-0.2, -0.15) is 0 Å². The molecule has 0 aliphatic carbocycles. The number of hydrogen-bond donors (Lipinski definition) is 23. The van der Waals surface area contributed by atoms with E-state index in [1.54, 1.807) is 27.7 Å². The Kier molecular flexibility index (Phi) is 50.9. The number of alkyl carbamates (subject to hydrolysis) is 2. The number of rotatable bonds is 62. The summed E-state index contributed by atoms with van der Waals surface area (Å²) in [6.07, 6.45) is -5.91. The van der Waals surface area contributed by atoms with Crippen molar-refractivity contribution >= 4 is 130 Å². The van der Waals surface area contributed by atoms with E-state index in [9.17, 15) is 122 Å². The lowest BCUT2D eigenvalue weighted by Gasteiger charge is -2.28. The molecule has 2 aromatic rings. The van der Waals surface area contributed by atoms with Gasteiger partial charge in [0.25, 0.3) is 11.4 Å². The molecule has 0 spiro atoms. The van der Waals surface area contributed by atoms with E-state index in [4.69, 9.17) is 43.9 Å². The molecule has 2 aromatic carbocycles. The van der Waals surface area contributed by atoms with E-state index in [0.717, 1.165) is 6.92 Å². The molecule has 51 nitrogen and oxygen atoms in total. The van der Waals surface area contributed by atoms with Crippen molar-refractivity contribution in [1.82, 2.24) is 74.4 Å². The van der Waals surface area contributed by atoms with E-state index >= 15 is 0 Å². The highest BCUT2D eigenvalue weighted by Gasteiger charge is 2.38. The molecule has 728 valence electrons. The average molecular weight is 1860 g/mol. The van der Waals surface area contributed by atoms with Crippen molar-refractivity contribution < 1.29 is 121 Å². The predicted molar refractivity (Wildman–Crippen MR) is 467 cm³/mol. The van der Waals surface area contributed by atoms with Crippen molar-refractivity contribution in [2.45, 2.75) is 263 Å². The third kappa shape index (κ3) is 45.4. The number of carbonyl (C=O) groups excluding carboxylic acids is 15. The number of ether oxygens (including phenoxy) is 2. The fourth-order valence-corrected chi connectivity index (χ4v) is 12.3. The molecule has 2 rings (SSSR count). The summed E-state index contributed by atoms with van der Waals surface area (Å²) in [5, 5.41) is 85.8. The summed E-state index contributed by atoms with van der Waals surface area (Å²) in [6.45, 7) is 12.0. The second kappa shape index (κ2) is 59.0. The zero-order chi connectivity index (χ0) is 98.9. The first-order chi connectivity index (χ1) is 61.5. The third-order valence-corrected chi connectivity index (χ3v) is 19.4. The Balaban J connectivity index is 2.49. The number of nitrogens with two attached hydrogens (primary N) is 6. The minimum Gasteiger partial charge on any atom is -0.481 e. The van der Waals surface area contributed by atoms with Gasteiger partial charge in [-0.3, -0.25) is 102 Å². The molecule has 13 atom stereocenters. The summed E-state index contributed by atoms with van der Waals surface area (Å²) in [6, 6.07) is -9.45. The Morgan fingerprint density at radius 2 is 0.718 bits per heavy atom. The number of carbonyl (C=O) groups is 18. The topological polar surface area (TPSA) is 822 Å². The van der Waals surface area contributed by atoms with Gasteiger partial charge in [0.2, 0.25) is 76.8 Å². The number of carboxylic acids is 3. The second-order valence-electron chi connectivity index (χ2n) is 31.8. The summed E-state index contributed by atoms with van der Waals surface area (Å²) >= 11 is 0. The molecular weight excluding hydrogens is 1730 g/mol. The lowest BCUT2D eigenvalue weighted by molar-refractivity contribution is -0.386. The number of nitro groups is 2. The van der Waals surface area contributed by atoms with Gasteiger partial charge in [0.15, 0.2) is 11.9 Å². The van der Waals surface area contributed by atoms with E-state index in [0.29, 0.717) is 0 Å². The Bertz CT molecular complexity index is 4330. The zero-order valence-electron chi connectivity index (χ0n) is 74.5. The van der Waals surface area contributed by atoms with E-state index in [1.807, 2.05) is 0 Å². The van der Waals surface area contributed by atoms with Crippen molar-refractivity contribution in [3.63, 3.8) is 0 Å². The fourth-order valence-electron chi connectivity index (χ4n) is 12.3. The number of nitro benzene ring substituents is 2. The van der Waals surface area contributed by atoms with Crippen molar-refractivity contribution in [2.24, 2.45) is 62.1 Å². The smallest absolute Gasteiger partial charge is 0.407 e. The number of primary amides is 1. The minimum atomic E-state index is -1.89. The van der Waals surface area contributed by atoms with Crippen LogP contribution in [-0.2, 0) is 99.4 Å². The van der Waals surface area contributed by atoms with Gasteiger partial charge in [-0.25, -0.2) is 14.4 Å². The van der Waals surface area contributed by atoms with Crippen LogP contribution in [0.25, 0.3) is 0 Å². The van der Waals surface area contributed by atoms with E-state index < -0.39 is 247 Å². The molecule has 0 bridgehead atoms. The van der Waals surface area contributed by atoms with Crippen LogP contribution in [0.15, 0.2) is 58.5 Å².